The van der Waals surface area contributed by atoms with E-state index in [0.29, 0.717) is 46.7 Å². The smallest absolute Gasteiger partial charge is 0.280 e. The molecule has 0 saturated heterocycles. The van der Waals surface area contributed by atoms with Gasteiger partial charge in [0.1, 0.15) is 24.9 Å². The van der Waals surface area contributed by atoms with E-state index in [0.717, 1.165) is 0 Å². The molecule has 0 fully saturated rings. The molecule has 4 rings (SSSR count). The number of fused-ring (bicyclic) bond motifs is 1. The summed E-state index contributed by atoms with van der Waals surface area (Å²) in [7, 11) is 0. The van der Waals surface area contributed by atoms with Crippen LogP contribution in [0.15, 0.2) is 46.2 Å². The summed E-state index contributed by atoms with van der Waals surface area (Å²) in [4.78, 5) is 20.9. The summed E-state index contributed by atoms with van der Waals surface area (Å²) in [6.45, 7) is 2.29. The molecule has 0 aliphatic carbocycles. The lowest BCUT2D eigenvalue weighted by molar-refractivity contribution is 0.313. The van der Waals surface area contributed by atoms with E-state index in [1.807, 2.05) is 0 Å². The predicted molar refractivity (Wildman–Crippen MR) is 96.0 cm³/mol. The Bertz CT molecular complexity index is 1130. The molecule has 0 aliphatic heterocycles. The number of rotatable bonds is 6. The minimum atomic E-state index is -0.217. The first kappa shape index (κ1) is 17.2. The average Bonchev–Trinajstić information content (AvgIpc) is 3.26. The molecule has 10 heteroatoms. The van der Waals surface area contributed by atoms with Crippen molar-refractivity contribution in [3.05, 3.63) is 69.7 Å². The molecular formula is C17H15ClN6O3. The number of hydrogen-bond acceptors (Lipinski definition) is 7. The van der Waals surface area contributed by atoms with Crippen molar-refractivity contribution < 1.29 is 9.26 Å². The van der Waals surface area contributed by atoms with Crippen LogP contribution in [-0.4, -0.2) is 35.9 Å². The summed E-state index contributed by atoms with van der Waals surface area (Å²) >= 11 is 5.83. The van der Waals surface area contributed by atoms with E-state index in [1.54, 1.807) is 31.2 Å². The zero-order valence-electron chi connectivity index (χ0n) is 14.4. The molecule has 3 heterocycles. The van der Waals surface area contributed by atoms with Gasteiger partial charge in [-0.3, -0.25) is 9.36 Å². The molecule has 0 saturated carbocycles. The molecule has 0 N–H and O–H groups in total. The Labute approximate surface area is 158 Å². The molecule has 3 aromatic heterocycles. The van der Waals surface area contributed by atoms with Crippen LogP contribution in [0.5, 0.6) is 5.75 Å². The molecule has 0 unspecified atom stereocenters. The maximum atomic E-state index is 12.5. The minimum absolute atomic E-state index is 0.137. The molecule has 4 aromatic rings. The van der Waals surface area contributed by atoms with Crippen molar-refractivity contribution in [3.8, 4) is 5.75 Å². The lowest BCUT2D eigenvalue weighted by atomic mass is 10.3. The second-order valence-corrected chi connectivity index (χ2v) is 6.28. The van der Waals surface area contributed by atoms with E-state index in [1.165, 1.54) is 21.7 Å². The third kappa shape index (κ3) is 3.68. The monoisotopic (exact) mass is 386 g/mol. The van der Waals surface area contributed by atoms with Crippen molar-refractivity contribution >= 4 is 17.1 Å². The second kappa shape index (κ2) is 7.20. The van der Waals surface area contributed by atoms with Gasteiger partial charge in [0.25, 0.3) is 5.56 Å². The van der Waals surface area contributed by atoms with E-state index < -0.39 is 0 Å². The Morgan fingerprint density at radius 2 is 2.04 bits per heavy atom. The zero-order valence-corrected chi connectivity index (χ0v) is 15.1. The molecule has 0 radical (unpaired) electrons. The minimum Gasteiger partial charge on any atom is -0.493 e. The van der Waals surface area contributed by atoms with Gasteiger partial charge in [0.15, 0.2) is 11.3 Å². The van der Waals surface area contributed by atoms with E-state index in [9.17, 15) is 4.79 Å². The Morgan fingerprint density at radius 3 is 2.85 bits per heavy atom. The average molecular weight is 387 g/mol. The van der Waals surface area contributed by atoms with Crippen LogP contribution in [0.3, 0.4) is 0 Å². The fraction of sp³-hybridized carbons (Fsp3) is 0.235. The maximum absolute atomic E-state index is 12.5. The molecule has 9 nitrogen and oxygen atoms in total. The number of nitrogens with zero attached hydrogens (tertiary/aromatic N) is 6. The van der Waals surface area contributed by atoms with E-state index in [2.05, 4.69) is 20.2 Å². The molecule has 0 aliphatic rings. The van der Waals surface area contributed by atoms with Gasteiger partial charge < -0.3 is 9.26 Å². The SMILES string of the molecule is Cc1ncn2ncn(Cc3nc(CCOc4ccc(Cl)cc4)no3)c(=O)c12. The first-order valence-corrected chi connectivity index (χ1v) is 8.57. The number of ether oxygens (including phenoxy) is 1. The van der Waals surface area contributed by atoms with Crippen molar-refractivity contribution in [2.45, 2.75) is 19.9 Å². The second-order valence-electron chi connectivity index (χ2n) is 5.84. The number of imidazole rings is 1. The Morgan fingerprint density at radius 1 is 1.22 bits per heavy atom. The number of benzene rings is 1. The highest BCUT2D eigenvalue weighted by Gasteiger charge is 2.12. The predicted octanol–water partition coefficient (Wildman–Crippen LogP) is 1.91. The number of halogens is 1. The third-order valence-corrected chi connectivity index (χ3v) is 4.19. The van der Waals surface area contributed by atoms with Crippen LogP contribution in [-0.2, 0) is 13.0 Å². The molecule has 0 amide bonds. The van der Waals surface area contributed by atoms with Crippen LogP contribution in [0.25, 0.3) is 5.52 Å². The van der Waals surface area contributed by atoms with Crippen LogP contribution in [0, 0.1) is 6.92 Å². The molecule has 0 atom stereocenters. The van der Waals surface area contributed by atoms with Crippen molar-refractivity contribution in [2.24, 2.45) is 0 Å². The van der Waals surface area contributed by atoms with Gasteiger partial charge in [-0.2, -0.15) is 10.1 Å². The van der Waals surface area contributed by atoms with Crippen LogP contribution in [0.4, 0.5) is 0 Å². The first-order valence-electron chi connectivity index (χ1n) is 8.19. The highest BCUT2D eigenvalue weighted by atomic mass is 35.5. The normalized spacial score (nSPS) is 11.2. The molecule has 27 heavy (non-hydrogen) atoms. The van der Waals surface area contributed by atoms with Gasteiger partial charge in [0, 0.05) is 11.4 Å². The third-order valence-electron chi connectivity index (χ3n) is 3.94. The number of aromatic nitrogens is 6. The maximum Gasteiger partial charge on any atom is 0.280 e. The van der Waals surface area contributed by atoms with Gasteiger partial charge in [0.2, 0.25) is 5.89 Å². The molecule has 1 aromatic carbocycles. The van der Waals surface area contributed by atoms with Crippen molar-refractivity contribution in [3.63, 3.8) is 0 Å². The van der Waals surface area contributed by atoms with Crippen LogP contribution < -0.4 is 10.3 Å². The Balaban J connectivity index is 1.41. The van der Waals surface area contributed by atoms with Crippen LogP contribution in [0.2, 0.25) is 5.02 Å². The Kier molecular flexibility index (Phi) is 4.59. The fourth-order valence-corrected chi connectivity index (χ4v) is 2.70. The van der Waals surface area contributed by atoms with Gasteiger partial charge in [-0.1, -0.05) is 16.8 Å². The van der Waals surface area contributed by atoms with Crippen molar-refractivity contribution in [2.75, 3.05) is 6.61 Å². The molecule has 0 bridgehead atoms. The summed E-state index contributed by atoms with van der Waals surface area (Å²) in [6.07, 6.45) is 3.39. The lowest BCUT2D eigenvalue weighted by Crippen LogP contribution is -2.23. The standard InChI is InChI=1S/C17H15ClN6O3/c1-11-16-17(25)23(10-20-24(16)9-19-11)8-15-21-14(22-27-15)6-7-26-13-4-2-12(18)3-5-13/h2-5,9-10H,6-8H2,1H3. The number of aryl methyl sites for hydroxylation is 1. The zero-order chi connectivity index (χ0) is 18.8. The summed E-state index contributed by atoms with van der Waals surface area (Å²) in [5.41, 5.74) is 0.826. The number of hydrogen-bond donors (Lipinski definition) is 0. The summed E-state index contributed by atoms with van der Waals surface area (Å²) in [5, 5.41) is 8.72. The largest absolute Gasteiger partial charge is 0.493 e. The van der Waals surface area contributed by atoms with Gasteiger partial charge >= 0.3 is 0 Å². The quantitative estimate of drug-likeness (QED) is 0.499. The lowest BCUT2D eigenvalue weighted by Gasteiger charge is -2.03. The van der Waals surface area contributed by atoms with Gasteiger partial charge in [-0.25, -0.2) is 9.50 Å². The van der Waals surface area contributed by atoms with E-state index in [-0.39, 0.29) is 12.1 Å². The highest BCUT2D eigenvalue weighted by molar-refractivity contribution is 6.30. The molecule has 138 valence electrons. The molecule has 0 spiro atoms. The topological polar surface area (TPSA) is 100 Å². The highest BCUT2D eigenvalue weighted by Crippen LogP contribution is 2.15. The van der Waals surface area contributed by atoms with Crippen molar-refractivity contribution in [1.29, 1.82) is 0 Å². The van der Waals surface area contributed by atoms with Gasteiger partial charge in [0.05, 0.1) is 12.3 Å². The summed E-state index contributed by atoms with van der Waals surface area (Å²) in [6, 6.07) is 7.10. The van der Waals surface area contributed by atoms with Gasteiger partial charge in [-0.05, 0) is 31.2 Å². The summed E-state index contributed by atoms with van der Waals surface area (Å²) < 4.78 is 13.7. The van der Waals surface area contributed by atoms with Crippen LogP contribution in [0.1, 0.15) is 17.4 Å². The van der Waals surface area contributed by atoms with E-state index in [4.69, 9.17) is 20.9 Å². The van der Waals surface area contributed by atoms with E-state index >= 15 is 0 Å². The van der Waals surface area contributed by atoms with Gasteiger partial charge in [-0.15, -0.1) is 0 Å². The molecular weight excluding hydrogens is 372 g/mol. The van der Waals surface area contributed by atoms with Crippen molar-refractivity contribution in [1.82, 2.24) is 29.3 Å². The van der Waals surface area contributed by atoms with Crippen LogP contribution >= 0.6 is 11.6 Å². The fourth-order valence-electron chi connectivity index (χ4n) is 2.58. The Hall–Kier alpha value is -3.20. The first-order chi connectivity index (χ1) is 13.1. The summed E-state index contributed by atoms with van der Waals surface area (Å²) in [5.74, 6) is 1.54.